The molecule has 1 fully saturated rings. The number of guanidine groups is 1. The van der Waals surface area contributed by atoms with E-state index in [9.17, 15) is 9.18 Å². The average Bonchev–Trinajstić information content (AvgIpc) is 3.24. The van der Waals surface area contributed by atoms with Gasteiger partial charge in [0.05, 0.1) is 6.26 Å². The summed E-state index contributed by atoms with van der Waals surface area (Å²) in [7, 11) is 1.75. The van der Waals surface area contributed by atoms with Crippen LogP contribution in [0.2, 0.25) is 0 Å². The highest BCUT2D eigenvalue weighted by atomic mass is 127. The van der Waals surface area contributed by atoms with Crippen molar-refractivity contribution in [2.45, 2.75) is 0 Å². The number of anilines is 1. The van der Waals surface area contributed by atoms with Crippen molar-refractivity contribution in [1.82, 2.24) is 15.5 Å². The van der Waals surface area contributed by atoms with Gasteiger partial charge in [0.1, 0.15) is 5.82 Å². The fourth-order valence-corrected chi connectivity index (χ4v) is 3.01. The quantitative estimate of drug-likeness (QED) is 0.285. The lowest BCUT2D eigenvalue weighted by Gasteiger charge is -2.37. The molecule has 152 valence electrons. The van der Waals surface area contributed by atoms with Crippen LogP contribution in [0, 0.1) is 5.82 Å². The maximum Gasteiger partial charge on any atom is 0.287 e. The number of piperazine rings is 1. The first-order valence-electron chi connectivity index (χ1n) is 8.95. The number of amides is 1. The second kappa shape index (κ2) is 10.9. The third-order valence-corrected chi connectivity index (χ3v) is 4.42. The zero-order valence-electron chi connectivity index (χ0n) is 15.7. The molecule has 2 heterocycles. The van der Waals surface area contributed by atoms with E-state index in [0.29, 0.717) is 18.8 Å². The number of hydrogen-bond acceptors (Lipinski definition) is 4. The van der Waals surface area contributed by atoms with Gasteiger partial charge in [0.25, 0.3) is 5.91 Å². The van der Waals surface area contributed by atoms with Crippen molar-refractivity contribution in [1.29, 1.82) is 0 Å². The van der Waals surface area contributed by atoms with Gasteiger partial charge in [-0.1, -0.05) is 0 Å². The van der Waals surface area contributed by atoms with Crippen molar-refractivity contribution in [2.24, 2.45) is 4.99 Å². The zero-order valence-corrected chi connectivity index (χ0v) is 18.1. The molecule has 0 aliphatic carbocycles. The molecule has 1 aromatic carbocycles. The van der Waals surface area contributed by atoms with Crippen LogP contribution in [0.3, 0.4) is 0 Å². The molecule has 2 aromatic rings. The second-order valence-electron chi connectivity index (χ2n) is 6.16. The third kappa shape index (κ3) is 5.85. The summed E-state index contributed by atoms with van der Waals surface area (Å²) >= 11 is 0. The summed E-state index contributed by atoms with van der Waals surface area (Å²) in [6.45, 7) is 4.33. The molecule has 0 spiro atoms. The SMILES string of the molecule is CN=C(NCCNC(=O)c1ccco1)N1CCN(c2ccc(F)cc2)CC1.I. The van der Waals surface area contributed by atoms with Crippen LogP contribution in [0.15, 0.2) is 52.1 Å². The van der Waals surface area contributed by atoms with Crippen molar-refractivity contribution in [2.75, 3.05) is 51.2 Å². The lowest BCUT2D eigenvalue weighted by atomic mass is 10.2. The molecule has 1 saturated heterocycles. The van der Waals surface area contributed by atoms with Crippen molar-refractivity contribution >= 4 is 41.5 Å². The standard InChI is InChI=1S/C19H24FN5O2.HI/c1-21-19(23-9-8-22-18(26)17-3-2-14-27-17)25-12-10-24(11-13-25)16-6-4-15(20)5-7-16;/h2-7,14H,8-13H2,1H3,(H,21,23)(H,22,26);1H. The predicted molar refractivity (Wildman–Crippen MR) is 118 cm³/mol. The number of halogens is 2. The Hall–Kier alpha value is -2.30. The Bertz CT molecular complexity index is 759. The van der Waals surface area contributed by atoms with Gasteiger partial charge in [0.15, 0.2) is 11.7 Å². The Morgan fingerprint density at radius 2 is 1.79 bits per heavy atom. The van der Waals surface area contributed by atoms with E-state index in [1.165, 1.54) is 18.4 Å². The van der Waals surface area contributed by atoms with Gasteiger partial charge in [-0.3, -0.25) is 9.79 Å². The molecule has 1 aromatic heterocycles. The van der Waals surface area contributed by atoms with Crippen LogP contribution < -0.4 is 15.5 Å². The molecule has 0 atom stereocenters. The lowest BCUT2D eigenvalue weighted by molar-refractivity contribution is 0.0926. The minimum atomic E-state index is -0.232. The molecule has 1 aliphatic rings. The van der Waals surface area contributed by atoms with Crippen molar-refractivity contribution in [3.63, 3.8) is 0 Å². The van der Waals surface area contributed by atoms with E-state index < -0.39 is 0 Å². The Morgan fingerprint density at radius 3 is 2.39 bits per heavy atom. The number of rotatable bonds is 5. The van der Waals surface area contributed by atoms with E-state index in [2.05, 4.69) is 25.4 Å². The number of carbonyl (C=O) groups is 1. The second-order valence-corrected chi connectivity index (χ2v) is 6.16. The smallest absolute Gasteiger partial charge is 0.287 e. The van der Waals surface area contributed by atoms with Crippen molar-refractivity contribution < 1.29 is 13.6 Å². The molecule has 0 radical (unpaired) electrons. The van der Waals surface area contributed by atoms with E-state index in [1.807, 2.05) is 0 Å². The number of nitrogens with one attached hydrogen (secondary N) is 2. The molecule has 1 aliphatic heterocycles. The van der Waals surface area contributed by atoms with Crippen LogP contribution in [0.1, 0.15) is 10.6 Å². The normalized spacial score (nSPS) is 14.4. The summed E-state index contributed by atoms with van der Waals surface area (Å²) < 4.78 is 18.1. The first-order valence-corrected chi connectivity index (χ1v) is 8.95. The molecule has 2 N–H and O–H groups in total. The van der Waals surface area contributed by atoms with Crippen LogP contribution in [0.5, 0.6) is 0 Å². The Balaban J connectivity index is 0.00000280. The fraction of sp³-hybridized carbons (Fsp3) is 0.368. The number of furan rings is 1. The molecule has 7 nitrogen and oxygen atoms in total. The molecule has 9 heteroatoms. The minimum absolute atomic E-state index is 0. The van der Waals surface area contributed by atoms with Gasteiger partial charge in [0.2, 0.25) is 0 Å². The number of aliphatic imine (C=N–C) groups is 1. The van der Waals surface area contributed by atoms with Gasteiger partial charge >= 0.3 is 0 Å². The Morgan fingerprint density at radius 1 is 1.11 bits per heavy atom. The van der Waals surface area contributed by atoms with Gasteiger partial charge < -0.3 is 24.9 Å². The minimum Gasteiger partial charge on any atom is -0.459 e. The number of hydrogen-bond donors (Lipinski definition) is 2. The summed E-state index contributed by atoms with van der Waals surface area (Å²) in [5, 5.41) is 6.06. The van der Waals surface area contributed by atoms with Crippen LogP contribution in [0.4, 0.5) is 10.1 Å². The summed E-state index contributed by atoms with van der Waals surface area (Å²) in [6, 6.07) is 9.89. The van der Waals surface area contributed by atoms with Gasteiger partial charge in [-0.25, -0.2) is 4.39 Å². The Kier molecular flexibility index (Phi) is 8.55. The lowest BCUT2D eigenvalue weighted by Crippen LogP contribution is -2.53. The van der Waals surface area contributed by atoms with Crippen LogP contribution in [0.25, 0.3) is 0 Å². The highest BCUT2D eigenvalue weighted by Gasteiger charge is 2.19. The van der Waals surface area contributed by atoms with Gasteiger partial charge in [-0.2, -0.15) is 0 Å². The molecular weight excluding hydrogens is 476 g/mol. The number of benzene rings is 1. The van der Waals surface area contributed by atoms with Crippen LogP contribution >= 0.6 is 24.0 Å². The topological polar surface area (TPSA) is 73.1 Å². The third-order valence-electron chi connectivity index (χ3n) is 4.42. The number of carbonyl (C=O) groups excluding carboxylic acids is 1. The highest BCUT2D eigenvalue weighted by Crippen LogP contribution is 2.16. The highest BCUT2D eigenvalue weighted by molar-refractivity contribution is 14.0. The average molecular weight is 501 g/mol. The molecule has 28 heavy (non-hydrogen) atoms. The van der Waals surface area contributed by atoms with Gasteiger partial charge in [-0.15, -0.1) is 24.0 Å². The maximum absolute atomic E-state index is 13.1. The maximum atomic E-state index is 13.1. The van der Waals surface area contributed by atoms with Gasteiger partial charge in [0, 0.05) is 52.0 Å². The van der Waals surface area contributed by atoms with E-state index in [4.69, 9.17) is 4.42 Å². The van der Waals surface area contributed by atoms with E-state index in [0.717, 1.165) is 37.8 Å². The van der Waals surface area contributed by atoms with Crippen molar-refractivity contribution in [3.8, 4) is 0 Å². The first-order chi connectivity index (χ1) is 13.2. The zero-order chi connectivity index (χ0) is 19.1. The molecule has 3 rings (SSSR count). The first kappa shape index (κ1) is 22.0. The fourth-order valence-electron chi connectivity index (χ4n) is 3.01. The molecular formula is C19H25FIN5O2. The van der Waals surface area contributed by atoms with Gasteiger partial charge in [-0.05, 0) is 36.4 Å². The van der Waals surface area contributed by atoms with E-state index in [1.54, 1.807) is 31.3 Å². The number of nitrogens with zero attached hydrogens (tertiary/aromatic N) is 3. The predicted octanol–water partition coefficient (Wildman–Crippen LogP) is 2.16. The van der Waals surface area contributed by atoms with Crippen molar-refractivity contribution in [3.05, 3.63) is 54.2 Å². The molecule has 0 unspecified atom stereocenters. The van der Waals surface area contributed by atoms with E-state index in [-0.39, 0.29) is 35.7 Å². The summed E-state index contributed by atoms with van der Waals surface area (Å²) in [5.74, 6) is 0.656. The summed E-state index contributed by atoms with van der Waals surface area (Å²) in [6.07, 6.45) is 1.47. The largest absolute Gasteiger partial charge is 0.459 e. The molecule has 1 amide bonds. The van der Waals surface area contributed by atoms with Crippen LogP contribution in [-0.4, -0.2) is 63.1 Å². The van der Waals surface area contributed by atoms with Crippen LogP contribution in [-0.2, 0) is 0 Å². The Labute approximate surface area is 181 Å². The molecule has 0 saturated carbocycles. The monoisotopic (exact) mass is 501 g/mol. The molecule has 0 bridgehead atoms. The van der Waals surface area contributed by atoms with E-state index >= 15 is 0 Å². The summed E-state index contributed by atoms with van der Waals surface area (Å²) in [4.78, 5) is 20.5. The summed E-state index contributed by atoms with van der Waals surface area (Å²) in [5.41, 5.74) is 1.03.